The number of anilines is 1. The molecule has 3 heterocycles. The normalized spacial score (nSPS) is 17.9. The highest BCUT2D eigenvalue weighted by molar-refractivity contribution is 8.26. The van der Waals surface area contributed by atoms with Crippen molar-refractivity contribution in [3.63, 3.8) is 0 Å². The highest BCUT2D eigenvalue weighted by atomic mass is 32.2. The van der Waals surface area contributed by atoms with Crippen LogP contribution in [0.4, 0.5) is 5.82 Å². The fourth-order valence-electron chi connectivity index (χ4n) is 4.42. The van der Waals surface area contributed by atoms with Crippen LogP contribution in [0.2, 0.25) is 0 Å². The van der Waals surface area contributed by atoms with Crippen molar-refractivity contribution in [1.29, 1.82) is 5.26 Å². The van der Waals surface area contributed by atoms with Crippen LogP contribution in [0.3, 0.4) is 0 Å². The van der Waals surface area contributed by atoms with Crippen molar-refractivity contribution in [2.24, 2.45) is 7.05 Å². The summed E-state index contributed by atoms with van der Waals surface area (Å²) in [6, 6.07) is 2.03. The van der Waals surface area contributed by atoms with Gasteiger partial charge in [0.15, 0.2) is 0 Å². The Kier molecular flexibility index (Phi) is 9.10. The number of carboxylic acids is 1. The van der Waals surface area contributed by atoms with Crippen LogP contribution in [0.15, 0.2) is 9.70 Å². The molecule has 1 aromatic rings. The molecule has 2 aliphatic heterocycles. The maximum Gasteiger partial charge on any atom is 0.303 e. The summed E-state index contributed by atoms with van der Waals surface area (Å²) in [6.07, 6.45) is 3.80. The summed E-state index contributed by atoms with van der Waals surface area (Å²) in [5.41, 5.74) is 0.977. The van der Waals surface area contributed by atoms with Gasteiger partial charge in [0.1, 0.15) is 21.8 Å². The van der Waals surface area contributed by atoms with Gasteiger partial charge in [-0.3, -0.25) is 23.9 Å². The number of carbonyl (C=O) groups is 2. The predicted molar refractivity (Wildman–Crippen MR) is 141 cm³/mol. The molecule has 35 heavy (non-hydrogen) atoms. The lowest BCUT2D eigenvalue weighted by Crippen LogP contribution is -2.48. The molecular formula is C24H31N5O4S2. The highest BCUT2D eigenvalue weighted by Gasteiger charge is 2.33. The molecule has 188 valence electrons. The van der Waals surface area contributed by atoms with Gasteiger partial charge < -0.3 is 14.9 Å². The van der Waals surface area contributed by atoms with Crippen molar-refractivity contribution >= 4 is 52.1 Å². The minimum Gasteiger partial charge on any atom is -0.481 e. The van der Waals surface area contributed by atoms with Gasteiger partial charge in [-0.05, 0) is 37.9 Å². The average molecular weight is 518 g/mol. The number of pyridine rings is 1. The second-order valence-electron chi connectivity index (χ2n) is 8.67. The zero-order chi connectivity index (χ0) is 25.7. The number of carbonyl (C=O) groups excluding carboxylic acids is 1. The van der Waals surface area contributed by atoms with Crippen molar-refractivity contribution in [1.82, 2.24) is 14.4 Å². The van der Waals surface area contributed by atoms with E-state index < -0.39 is 5.97 Å². The predicted octanol–water partition coefficient (Wildman–Crippen LogP) is 2.55. The van der Waals surface area contributed by atoms with Gasteiger partial charge in [-0.15, -0.1) is 0 Å². The Bertz CT molecular complexity index is 1150. The van der Waals surface area contributed by atoms with Crippen LogP contribution in [0.5, 0.6) is 0 Å². The third kappa shape index (κ3) is 5.94. The first-order valence-corrected chi connectivity index (χ1v) is 13.0. The first-order chi connectivity index (χ1) is 16.7. The lowest BCUT2D eigenvalue weighted by Gasteiger charge is -2.37. The third-order valence-electron chi connectivity index (χ3n) is 6.51. The van der Waals surface area contributed by atoms with Crippen LogP contribution in [-0.4, -0.2) is 74.9 Å². The number of carboxylic acid groups (broad SMARTS) is 1. The summed E-state index contributed by atoms with van der Waals surface area (Å²) in [5, 5.41) is 18.4. The van der Waals surface area contributed by atoms with E-state index in [-0.39, 0.29) is 23.5 Å². The van der Waals surface area contributed by atoms with Crippen LogP contribution < -0.4 is 10.5 Å². The number of thioether (sulfide) groups is 1. The molecular weight excluding hydrogens is 486 g/mol. The number of likely N-dealkylation sites (N-methyl/N-ethyl adjacent to an activating group) is 1. The molecule has 3 rings (SSSR count). The van der Waals surface area contributed by atoms with Crippen LogP contribution in [0.25, 0.3) is 6.08 Å². The molecule has 0 radical (unpaired) electrons. The average Bonchev–Trinajstić information content (AvgIpc) is 3.10. The molecule has 0 atom stereocenters. The second-order valence-corrected chi connectivity index (χ2v) is 10.3. The van der Waals surface area contributed by atoms with Crippen molar-refractivity contribution in [3.05, 3.63) is 31.9 Å². The maximum absolute atomic E-state index is 13.2. The number of unbranched alkanes of at least 4 members (excludes halogenated alkanes) is 2. The van der Waals surface area contributed by atoms with Crippen molar-refractivity contribution in [2.45, 2.75) is 39.5 Å². The fraction of sp³-hybridized carbons (Fsp3) is 0.542. The third-order valence-corrected chi connectivity index (χ3v) is 7.89. The summed E-state index contributed by atoms with van der Waals surface area (Å²) < 4.78 is 1.97. The van der Waals surface area contributed by atoms with Crippen LogP contribution in [0.1, 0.15) is 49.3 Å². The molecule has 2 saturated heterocycles. The van der Waals surface area contributed by atoms with Gasteiger partial charge in [-0.1, -0.05) is 37.3 Å². The fourth-order valence-corrected chi connectivity index (χ4v) is 5.71. The Hall–Kier alpha value is -2.68. The topological polar surface area (TPSA) is 110 Å². The maximum atomic E-state index is 13.2. The molecule has 1 aromatic heterocycles. The molecule has 0 aromatic carbocycles. The van der Waals surface area contributed by atoms with Gasteiger partial charge in [-0.25, -0.2) is 0 Å². The standard InChI is InChI=1S/C24H31N5O4S2/c1-4-27-10-12-28(13-11-27)21-17(16(2)18(15-25)22(32)26(21)3)14-19-23(33)29(24(34)35-19)9-7-5-6-8-20(30)31/h14H,4-13H2,1-3H3,(H,30,31)/b19-14-. The van der Waals surface area contributed by atoms with E-state index >= 15 is 0 Å². The molecule has 9 nitrogen and oxygen atoms in total. The molecule has 0 spiro atoms. The number of rotatable bonds is 9. The van der Waals surface area contributed by atoms with Gasteiger partial charge in [-0.2, -0.15) is 5.26 Å². The smallest absolute Gasteiger partial charge is 0.303 e. The number of hydrogen-bond donors (Lipinski definition) is 1. The highest BCUT2D eigenvalue weighted by Crippen LogP contribution is 2.36. The zero-order valence-corrected chi connectivity index (χ0v) is 22.0. The van der Waals surface area contributed by atoms with E-state index in [0.717, 1.165) is 32.7 Å². The van der Waals surface area contributed by atoms with E-state index in [9.17, 15) is 19.6 Å². The number of aliphatic carboxylic acids is 1. The van der Waals surface area contributed by atoms with Crippen LogP contribution >= 0.6 is 24.0 Å². The molecule has 0 aliphatic carbocycles. The van der Waals surface area contributed by atoms with E-state index in [4.69, 9.17) is 17.3 Å². The number of thiocarbonyl (C=S) groups is 1. The summed E-state index contributed by atoms with van der Waals surface area (Å²) >= 11 is 6.67. The monoisotopic (exact) mass is 517 g/mol. The Morgan fingerprint density at radius 1 is 1.20 bits per heavy atom. The quantitative estimate of drug-likeness (QED) is 0.300. The number of aromatic nitrogens is 1. The minimum absolute atomic E-state index is 0.0728. The van der Waals surface area contributed by atoms with Gasteiger partial charge >= 0.3 is 5.97 Å². The molecule has 1 amide bonds. The van der Waals surface area contributed by atoms with Gasteiger partial charge in [0.25, 0.3) is 11.5 Å². The molecule has 0 unspecified atom stereocenters. The number of piperazine rings is 1. The minimum atomic E-state index is -0.824. The van der Waals surface area contributed by atoms with Crippen molar-refractivity contribution in [3.8, 4) is 6.07 Å². The van der Waals surface area contributed by atoms with E-state index in [2.05, 4.69) is 16.7 Å². The van der Waals surface area contributed by atoms with E-state index in [0.29, 0.717) is 52.0 Å². The molecule has 2 fully saturated rings. The zero-order valence-electron chi connectivity index (χ0n) is 20.4. The summed E-state index contributed by atoms with van der Waals surface area (Å²) in [6.45, 7) is 8.49. The number of amides is 1. The lowest BCUT2D eigenvalue weighted by molar-refractivity contribution is -0.137. The molecule has 11 heteroatoms. The Morgan fingerprint density at radius 2 is 1.89 bits per heavy atom. The van der Waals surface area contributed by atoms with Crippen molar-refractivity contribution in [2.75, 3.05) is 44.2 Å². The summed E-state index contributed by atoms with van der Waals surface area (Å²) in [7, 11) is 1.67. The molecule has 2 aliphatic rings. The van der Waals surface area contributed by atoms with Gasteiger partial charge in [0.05, 0.1) is 4.91 Å². The van der Waals surface area contributed by atoms with Crippen molar-refractivity contribution < 1.29 is 14.7 Å². The number of hydrogen-bond acceptors (Lipinski definition) is 8. The van der Waals surface area contributed by atoms with Crippen LogP contribution in [-0.2, 0) is 16.6 Å². The number of nitrogens with zero attached hydrogens (tertiary/aromatic N) is 5. The molecule has 1 N–H and O–H groups in total. The Balaban J connectivity index is 1.91. The first kappa shape index (κ1) is 26.9. The van der Waals surface area contributed by atoms with E-state index in [1.807, 2.05) is 6.07 Å². The summed E-state index contributed by atoms with van der Waals surface area (Å²) in [5.74, 6) is -0.317. The number of nitriles is 1. The molecule has 0 bridgehead atoms. The summed E-state index contributed by atoms with van der Waals surface area (Å²) in [4.78, 5) is 43.3. The Morgan fingerprint density at radius 3 is 2.49 bits per heavy atom. The van der Waals surface area contributed by atoms with E-state index in [1.54, 1.807) is 24.9 Å². The van der Waals surface area contributed by atoms with Gasteiger partial charge in [0, 0.05) is 51.8 Å². The largest absolute Gasteiger partial charge is 0.481 e. The lowest BCUT2D eigenvalue weighted by atomic mass is 10.0. The van der Waals surface area contributed by atoms with Gasteiger partial charge in [0.2, 0.25) is 0 Å². The first-order valence-electron chi connectivity index (χ1n) is 11.8. The molecule has 0 saturated carbocycles. The SMILES string of the molecule is CCN1CCN(c2c(/C=C3\SC(=S)N(CCCCCC(=O)O)C3=O)c(C)c(C#N)c(=O)n2C)CC1. The van der Waals surface area contributed by atoms with Crippen LogP contribution in [0, 0.1) is 18.3 Å². The van der Waals surface area contributed by atoms with E-state index in [1.165, 1.54) is 16.3 Å². The second kappa shape index (κ2) is 11.8. The Labute approximate surface area is 215 Å².